The summed E-state index contributed by atoms with van der Waals surface area (Å²) < 4.78 is 5.39. The van der Waals surface area contributed by atoms with E-state index >= 15 is 0 Å². The Labute approximate surface area is 96.4 Å². The highest BCUT2D eigenvalue weighted by atomic mass is 16.5. The number of hydrogen-bond donors (Lipinski definition) is 2. The van der Waals surface area contributed by atoms with Crippen molar-refractivity contribution in [3.63, 3.8) is 0 Å². The second-order valence-electron chi connectivity index (χ2n) is 5.07. The molecule has 1 saturated heterocycles. The second-order valence-corrected chi connectivity index (χ2v) is 5.07. The summed E-state index contributed by atoms with van der Waals surface area (Å²) in [6.45, 7) is 2.73. The summed E-state index contributed by atoms with van der Waals surface area (Å²) in [6.07, 6.45) is 4.16. The van der Waals surface area contributed by atoms with Gasteiger partial charge in [-0.25, -0.2) is 0 Å². The monoisotopic (exact) mass is 227 g/mol. The topological polar surface area (TPSA) is 58.6 Å². The van der Waals surface area contributed by atoms with Gasteiger partial charge in [-0.3, -0.25) is 4.79 Å². The summed E-state index contributed by atoms with van der Waals surface area (Å²) in [5.41, 5.74) is 0. The number of aliphatic hydroxyl groups is 1. The van der Waals surface area contributed by atoms with E-state index in [0.717, 1.165) is 25.7 Å². The summed E-state index contributed by atoms with van der Waals surface area (Å²) in [5.74, 6) is 0.369. The zero-order valence-corrected chi connectivity index (χ0v) is 9.82. The molecule has 4 nitrogen and oxygen atoms in total. The minimum atomic E-state index is 0.00921. The molecule has 2 aliphatic rings. The Morgan fingerprint density at radius 3 is 2.94 bits per heavy atom. The van der Waals surface area contributed by atoms with E-state index in [2.05, 4.69) is 5.32 Å². The molecule has 0 aromatic carbocycles. The fourth-order valence-electron chi connectivity index (χ4n) is 2.75. The van der Waals surface area contributed by atoms with Crippen molar-refractivity contribution in [1.82, 2.24) is 5.32 Å². The van der Waals surface area contributed by atoms with Gasteiger partial charge in [0.25, 0.3) is 0 Å². The van der Waals surface area contributed by atoms with Crippen LogP contribution in [0.2, 0.25) is 0 Å². The molecule has 2 N–H and O–H groups in total. The molecule has 92 valence electrons. The Kier molecular flexibility index (Phi) is 3.82. The number of carbonyl (C=O) groups is 1. The molecule has 1 heterocycles. The van der Waals surface area contributed by atoms with Crippen molar-refractivity contribution in [3.05, 3.63) is 0 Å². The third-order valence-electron chi connectivity index (χ3n) is 3.79. The Hall–Kier alpha value is -0.610. The van der Waals surface area contributed by atoms with Gasteiger partial charge >= 0.3 is 0 Å². The lowest BCUT2D eigenvalue weighted by molar-refractivity contribution is -0.126. The third-order valence-corrected chi connectivity index (χ3v) is 3.79. The van der Waals surface area contributed by atoms with Gasteiger partial charge < -0.3 is 15.2 Å². The van der Waals surface area contributed by atoms with Crippen molar-refractivity contribution in [2.75, 3.05) is 13.2 Å². The molecule has 2 fully saturated rings. The molecular formula is C12H21NO3. The van der Waals surface area contributed by atoms with Crippen LogP contribution in [0.3, 0.4) is 0 Å². The van der Waals surface area contributed by atoms with Gasteiger partial charge in [0.2, 0.25) is 5.91 Å². The van der Waals surface area contributed by atoms with E-state index in [1.807, 2.05) is 6.92 Å². The van der Waals surface area contributed by atoms with Gasteiger partial charge in [-0.2, -0.15) is 0 Å². The van der Waals surface area contributed by atoms with Crippen molar-refractivity contribution in [2.45, 2.75) is 44.8 Å². The molecule has 1 amide bonds. The van der Waals surface area contributed by atoms with E-state index in [4.69, 9.17) is 4.74 Å². The molecule has 0 bridgehead atoms. The number of hydrogen-bond acceptors (Lipinski definition) is 3. The minimum absolute atomic E-state index is 0.00921. The Morgan fingerprint density at radius 1 is 1.50 bits per heavy atom. The van der Waals surface area contributed by atoms with Crippen LogP contribution < -0.4 is 5.32 Å². The molecule has 4 atom stereocenters. The molecule has 4 unspecified atom stereocenters. The third kappa shape index (κ3) is 2.55. The van der Waals surface area contributed by atoms with E-state index in [9.17, 15) is 9.90 Å². The van der Waals surface area contributed by atoms with E-state index < -0.39 is 0 Å². The van der Waals surface area contributed by atoms with Crippen molar-refractivity contribution in [1.29, 1.82) is 0 Å². The van der Waals surface area contributed by atoms with Crippen LogP contribution in [0.25, 0.3) is 0 Å². The van der Waals surface area contributed by atoms with E-state index in [-0.39, 0.29) is 36.5 Å². The molecule has 0 aromatic heterocycles. The lowest BCUT2D eigenvalue weighted by atomic mass is 10.0. The Bertz CT molecular complexity index is 257. The van der Waals surface area contributed by atoms with Crippen molar-refractivity contribution < 1.29 is 14.6 Å². The molecule has 1 aliphatic heterocycles. The first kappa shape index (κ1) is 11.9. The number of carbonyl (C=O) groups excluding carboxylic acids is 1. The zero-order chi connectivity index (χ0) is 11.5. The predicted molar refractivity (Wildman–Crippen MR) is 59.9 cm³/mol. The molecule has 4 heteroatoms. The predicted octanol–water partition coefficient (Wildman–Crippen LogP) is 0.689. The first-order chi connectivity index (χ1) is 7.70. The van der Waals surface area contributed by atoms with Crippen LogP contribution in [0.15, 0.2) is 0 Å². The first-order valence-corrected chi connectivity index (χ1v) is 6.23. The average Bonchev–Trinajstić information content (AvgIpc) is 2.86. The van der Waals surface area contributed by atoms with Crippen LogP contribution in [0.4, 0.5) is 0 Å². The van der Waals surface area contributed by atoms with Crippen LogP contribution in [0, 0.1) is 11.8 Å². The number of nitrogens with one attached hydrogen (secondary N) is 1. The van der Waals surface area contributed by atoms with Crippen LogP contribution in [0.5, 0.6) is 0 Å². The Balaban J connectivity index is 1.82. The molecule has 0 radical (unpaired) electrons. The van der Waals surface area contributed by atoms with Crippen LogP contribution in [-0.4, -0.2) is 36.4 Å². The highest BCUT2D eigenvalue weighted by molar-refractivity contribution is 5.79. The van der Waals surface area contributed by atoms with Gasteiger partial charge in [0, 0.05) is 18.6 Å². The summed E-state index contributed by atoms with van der Waals surface area (Å²) >= 11 is 0. The number of amides is 1. The SMILES string of the molecule is CC1CC(C(=O)NC2CCCC2CO)CO1. The van der Waals surface area contributed by atoms with Gasteiger partial charge in [0.15, 0.2) is 0 Å². The molecule has 0 aromatic rings. The van der Waals surface area contributed by atoms with Crippen LogP contribution in [0.1, 0.15) is 32.6 Å². The standard InChI is InChI=1S/C12H21NO3/c1-8-5-10(7-16-8)12(15)13-11-4-2-3-9(11)6-14/h8-11,14H,2-7H2,1H3,(H,13,15). The van der Waals surface area contributed by atoms with Gasteiger partial charge in [-0.1, -0.05) is 6.42 Å². The lowest BCUT2D eigenvalue weighted by Gasteiger charge is -2.20. The second kappa shape index (κ2) is 5.15. The summed E-state index contributed by atoms with van der Waals surface area (Å²) in [4.78, 5) is 11.9. The molecule has 0 spiro atoms. The smallest absolute Gasteiger partial charge is 0.225 e. The van der Waals surface area contributed by atoms with E-state index in [1.54, 1.807) is 0 Å². The highest BCUT2D eigenvalue weighted by Gasteiger charge is 2.33. The maximum absolute atomic E-state index is 11.9. The van der Waals surface area contributed by atoms with Gasteiger partial charge in [0.05, 0.1) is 18.6 Å². The van der Waals surface area contributed by atoms with E-state index in [1.165, 1.54) is 0 Å². The van der Waals surface area contributed by atoms with Gasteiger partial charge in [-0.05, 0) is 26.2 Å². The lowest BCUT2D eigenvalue weighted by Crippen LogP contribution is -2.42. The number of aliphatic hydroxyl groups excluding tert-OH is 1. The first-order valence-electron chi connectivity index (χ1n) is 6.23. The normalized spacial score (nSPS) is 38.9. The Morgan fingerprint density at radius 2 is 2.31 bits per heavy atom. The van der Waals surface area contributed by atoms with Gasteiger partial charge in [-0.15, -0.1) is 0 Å². The summed E-state index contributed by atoms with van der Waals surface area (Å²) in [7, 11) is 0. The van der Waals surface area contributed by atoms with Crippen LogP contribution in [-0.2, 0) is 9.53 Å². The molecule has 2 rings (SSSR count). The zero-order valence-electron chi connectivity index (χ0n) is 9.82. The van der Waals surface area contributed by atoms with Gasteiger partial charge in [0.1, 0.15) is 0 Å². The average molecular weight is 227 g/mol. The fourth-order valence-corrected chi connectivity index (χ4v) is 2.75. The fraction of sp³-hybridized carbons (Fsp3) is 0.917. The molecule has 16 heavy (non-hydrogen) atoms. The molecule has 1 aliphatic carbocycles. The largest absolute Gasteiger partial charge is 0.396 e. The van der Waals surface area contributed by atoms with Crippen molar-refractivity contribution >= 4 is 5.91 Å². The number of ether oxygens (including phenoxy) is 1. The summed E-state index contributed by atoms with van der Waals surface area (Å²) in [6, 6.07) is 0.174. The maximum Gasteiger partial charge on any atom is 0.225 e. The molecular weight excluding hydrogens is 206 g/mol. The van der Waals surface area contributed by atoms with Crippen molar-refractivity contribution in [2.24, 2.45) is 11.8 Å². The summed E-state index contributed by atoms with van der Waals surface area (Å²) in [5, 5.41) is 12.2. The van der Waals surface area contributed by atoms with Crippen molar-refractivity contribution in [3.8, 4) is 0 Å². The quantitative estimate of drug-likeness (QED) is 0.745. The maximum atomic E-state index is 11.9. The minimum Gasteiger partial charge on any atom is -0.396 e. The van der Waals surface area contributed by atoms with Crippen LogP contribution >= 0.6 is 0 Å². The molecule has 1 saturated carbocycles. The van der Waals surface area contributed by atoms with E-state index in [0.29, 0.717) is 6.61 Å². The number of rotatable bonds is 3. The highest BCUT2D eigenvalue weighted by Crippen LogP contribution is 2.26.